The Kier molecular flexibility index (Phi) is 5.23. The van der Waals surface area contributed by atoms with E-state index < -0.39 is 0 Å². The Bertz CT molecular complexity index is 572. The van der Waals surface area contributed by atoms with Gasteiger partial charge in [-0.05, 0) is 25.0 Å². The van der Waals surface area contributed by atoms with E-state index in [4.69, 9.17) is 4.42 Å². The summed E-state index contributed by atoms with van der Waals surface area (Å²) >= 11 is 0. The van der Waals surface area contributed by atoms with Crippen LogP contribution in [0.15, 0.2) is 22.8 Å². The summed E-state index contributed by atoms with van der Waals surface area (Å²) in [5, 5.41) is 10.1. The summed E-state index contributed by atoms with van der Waals surface area (Å²) in [5.41, 5.74) is 0. The normalized spacial score (nSPS) is 27.5. The Hall–Kier alpha value is -1.82. The number of aliphatic hydroxyl groups is 1. The molecule has 1 saturated heterocycles. The fourth-order valence-electron chi connectivity index (χ4n) is 3.84. The smallest absolute Gasteiger partial charge is 0.227 e. The first-order valence-electron chi connectivity index (χ1n) is 8.78. The van der Waals surface area contributed by atoms with Gasteiger partial charge in [-0.1, -0.05) is 12.8 Å². The molecule has 1 N–H and O–H groups in total. The Balaban J connectivity index is 1.54. The molecule has 1 aliphatic heterocycles. The highest BCUT2D eigenvalue weighted by Gasteiger charge is 2.37. The van der Waals surface area contributed by atoms with E-state index in [1.807, 2.05) is 6.07 Å². The van der Waals surface area contributed by atoms with Crippen molar-refractivity contribution < 1.29 is 19.1 Å². The van der Waals surface area contributed by atoms with E-state index in [9.17, 15) is 14.7 Å². The predicted octanol–water partition coefficient (Wildman–Crippen LogP) is 1.64. The van der Waals surface area contributed by atoms with E-state index >= 15 is 0 Å². The summed E-state index contributed by atoms with van der Waals surface area (Å²) in [6, 6.07) is 3.63. The standard InChI is InChI=1S/C18H26N2O4/c1-19(10-13-5-2-3-7-16(13)21)18(23)14-9-17(22)20(11-14)12-15-6-4-8-24-15/h4,6,8,13-14,16,21H,2-3,5,7,9-12H2,1H3. The maximum absolute atomic E-state index is 12.7. The topological polar surface area (TPSA) is 74.0 Å². The highest BCUT2D eigenvalue weighted by molar-refractivity contribution is 5.89. The van der Waals surface area contributed by atoms with Crippen LogP contribution >= 0.6 is 0 Å². The molecule has 2 heterocycles. The molecule has 3 atom stereocenters. The zero-order chi connectivity index (χ0) is 17.1. The number of likely N-dealkylation sites (tertiary alicyclic amines) is 1. The van der Waals surface area contributed by atoms with Gasteiger partial charge in [0.1, 0.15) is 5.76 Å². The number of carbonyl (C=O) groups excluding carboxylic acids is 2. The van der Waals surface area contributed by atoms with Crippen LogP contribution in [-0.4, -0.2) is 53.0 Å². The van der Waals surface area contributed by atoms with E-state index in [0.29, 0.717) is 19.6 Å². The molecule has 2 aliphatic rings. The summed E-state index contributed by atoms with van der Waals surface area (Å²) in [7, 11) is 1.78. The molecule has 132 valence electrons. The molecule has 2 fully saturated rings. The van der Waals surface area contributed by atoms with E-state index in [-0.39, 0.29) is 36.2 Å². The minimum Gasteiger partial charge on any atom is -0.467 e. The van der Waals surface area contributed by atoms with Crippen molar-refractivity contribution in [3.05, 3.63) is 24.2 Å². The van der Waals surface area contributed by atoms with Gasteiger partial charge in [-0.3, -0.25) is 9.59 Å². The van der Waals surface area contributed by atoms with Crippen LogP contribution in [0.2, 0.25) is 0 Å². The lowest BCUT2D eigenvalue weighted by Crippen LogP contribution is -2.41. The summed E-state index contributed by atoms with van der Waals surface area (Å²) in [4.78, 5) is 28.2. The third-order valence-electron chi connectivity index (χ3n) is 5.24. The largest absolute Gasteiger partial charge is 0.467 e. The van der Waals surface area contributed by atoms with Gasteiger partial charge in [0, 0.05) is 32.5 Å². The van der Waals surface area contributed by atoms with Gasteiger partial charge in [0.2, 0.25) is 11.8 Å². The minimum atomic E-state index is -0.310. The van der Waals surface area contributed by atoms with Gasteiger partial charge in [-0.15, -0.1) is 0 Å². The van der Waals surface area contributed by atoms with Crippen molar-refractivity contribution >= 4 is 11.8 Å². The third kappa shape index (κ3) is 3.80. The molecular formula is C18H26N2O4. The quantitative estimate of drug-likeness (QED) is 0.888. The minimum absolute atomic E-state index is 0.00284. The first-order valence-corrected chi connectivity index (χ1v) is 8.78. The zero-order valence-corrected chi connectivity index (χ0v) is 14.2. The molecule has 24 heavy (non-hydrogen) atoms. The van der Waals surface area contributed by atoms with Gasteiger partial charge in [-0.25, -0.2) is 0 Å². The third-order valence-corrected chi connectivity index (χ3v) is 5.24. The number of nitrogens with zero attached hydrogens (tertiary/aromatic N) is 2. The molecule has 1 aromatic heterocycles. The van der Waals surface area contributed by atoms with Crippen LogP contribution in [0.3, 0.4) is 0 Å². The summed E-state index contributed by atoms with van der Waals surface area (Å²) < 4.78 is 5.28. The number of hydrogen-bond donors (Lipinski definition) is 1. The average Bonchev–Trinajstić information content (AvgIpc) is 3.20. The Morgan fingerprint density at radius 2 is 2.21 bits per heavy atom. The van der Waals surface area contributed by atoms with Crippen LogP contribution < -0.4 is 0 Å². The van der Waals surface area contributed by atoms with Crippen molar-refractivity contribution in [2.24, 2.45) is 11.8 Å². The molecule has 0 radical (unpaired) electrons. The van der Waals surface area contributed by atoms with E-state index in [0.717, 1.165) is 31.4 Å². The van der Waals surface area contributed by atoms with Crippen LogP contribution in [0.1, 0.15) is 37.9 Å². The van der Waals surface area contributed by atoms with Gasteiger partial charge < -0.3 is 19.3 Å². The molecule has 2 amide bonds. The van der Waals surface area contributed by atoms with Crippen molar-refractivity contribution in [3.63, 3.8) is 0 Å². The monoisotopic (exact) mass is 334 g/mol. The van der Waals surface area contributed by atoms with Crippen molar-refractivity contribution in [1.29, 1.82) is 0 Å². The maximum Gasteiger partial charge on any atom is 0.227 e. The van der Waals surface area contributed by atoms with E-state index in [2.05, 4.69) is 0 Å². The van der Waals surface area contributed by atoms with Crippen LogP contribution in [0, 0.1) is 11.8 Å². The number of furan rings is 1. The molecule has 1 saturated carbocycles. The van der Waals surface area contributed by atoms with Crippen molar-refractivity contribution in [2.45, 2.75) is 44.8 Å². The number of hydrogen-bond acceptors (Lipinski definition) is 4. The first-order chi connectivity index (χ1) is 11.5. The fraction of sp³-hybridized carbons (Fsp3) is 0.667. The van der Waals surface area contributed by atoms with Gasteiger partial charge in [0.15, 0.2) is 0 Å². The van der Waals surface area contributed by atoms with Crippen LogP contribution in [0.5, 0.6) is 0 Å². The second-order valence-corrected chi connectivity index (χ2v) is 7.09. The van der Waals surface area contributed by atoms with Crippen molar-refractivity contribution in [2.75, 3.05) is 20.1 Å². The number of amides is 2. The highest BCUT2D eigenvalue weighted by Crippen LogP contribution is 2.27. The summed E-state index contributed by atoms with van der Waals surface area (Å²) in [6.07, 6.45) is 5.50. The second-order valence-electron chi connectivity index (χ2n) is 7.09. The molecule has 0 aromatic carbocycles. The lowest BCUT2D eigenvalue weighted by atomic mass is 9.86. The lowest BCUT2D eigenvalue weighted by molar-refractivity contribution is -0.135. The predicted molar refractivity (Wildman–Crippen MR) is 87.8 cm³/mol. The van der Waals surface area contributed by atoms with Crippen LogP contribution in [0.4, 0.5) is 0 Å². The van der Waals surface area contributed by atoms with Gasteiger partial charge in [0.25, 0.3) is 0 Å². The number of aliphatic hydroxyl groups excluding tert-OH is 1. The maximum atomic E-state index is 12.7. The fourth-order valence-corrected chi connectivity index (χ4v) is 3.84. The molecule has 0 spiro atoms. The number of rotatable bonds is 5. The van der Waals surface area contributed by atoms with E-state index in [1.54, 1.807) is 29.2 Å². The highest BCUT2D eigenvalue weighted by atomic mass is 16.3. The van der Waals surface area contributed by atoms with Crippen molar-refractivity contribution in [1.82, 2.24) is 9.80 Å². The van der Waals surface area contributed by atoms with Crippen LogP contribution in [-0.2, 0) is 16.1 Å². The molecule has 0 bridgehead atoms. The van der Waals surface area contributed by atoms with Gasteiger partial charge in [-0.2, -0.15) is 0 Å². The molecule has 1 aliphatic carbocycles. The van der Waals surface area contributed by atoms with Crippen LogP contribution in [0.25, 0.3) is 0 Å². The molecule has 3 unspecified atom stereocenters. The van der Waals surface area contributed by atoms with E-state index in [1.165, 1.54) is 0 Å². The summed E-state index contributed by atoms with van der Waals surface area (Å²) in [5.74, 6) is 0.594. The lowest BCUT2D eigenvalue weighted by Gasteiger charge is -2.32. The molecule has 6 heteroatoms. The molecule has 6 nitrogen and oxygen atoms in total. The first kappa shape index (κ1) is 17.0. The Morgan fingerprint density at radius 1 is 1.42 bits per heavy atom. The van der Waals surface area contributed by atoms with Gasteiger partial charge >= 0.3 is 0 Å². The second kappa shape index (κ2) is 7.38. The molecular weight excluding hydrogens is 308 g/mol. The Labute approximate surface area is 142 Å². The molecule has 3 rings (SSSR count). The Morgan fingerprint density at radius 3 is 2.92 bits per heavy atom. The molecule has 1 aromatic rings. The average molecular weight is 334 g/mol. The summed E-state index contributed by atoms with van der Waals surface area (Å²) in [6.45, 7) is 1.43. The SMILES string of the molecule is CN(CC1CCCCC1O)C(=O)C1CC(=O)N(Cc2ccco2)C1. The zero-order valence-electron chi connectivity index (χ0n) is 14.2. The number of carbonyl (C=O) groups is 2. The van der Waals surface area contributed by atoms with Crippen molar-refractivity contribution in [3.8, 4) is 0 Å². The van der Waals surface area contributed by atoms with Gasteiger partial charge in [0.05, 0.1) is 24.8 Å².